The van der Waals surface area contributed by atoms with Gasteiger partial charge < -0.3 is 10.1 Å². The molecule has 2 aromatic heterocycles. The first-order valence-corrected chi connectivity index (χ1v) is 12.9. The predicted molar refractivity (Wildman–Crippen MR) is 129 cm³/mol. The molecule has 0 unspecified atom stereocenters. The van der Waals surface area contributed by atoms with Crippen LogP contribution in [0.15, 0.2) is 28.7 Å². The van der Waals surface area contributed by atoms with E-state index in [1.165, 1.54) is 42.4 Å². The van der Waals surface area contributed by atoms with E-state index in [9.17, 15) is 4.79 Å². The molecule has 1 amide bonds. The Labute approximate surface area is 200 Å². The van der Waals surface area contributed by atoms with Crippen molar-refractivity contribution in [3.8, 4) is 5.75 Å². The summed E-state index contributed by atoms with van der Waals surface area (Å²) >= 11 is 8.89. The summed E-state index contributed by atoms with van der Waals surface area (Å²) in [5.74, 6) is 1.71. The van der Waals surface area contributed by atoms with Gasteiger partial charge in [-0.2, -0.15) is 0 Å². The quantitative estimate of drug-likeness (QED) is 0.400. The van der Waals surface area contributed by atoms with Gasteiger partial charge in [-0.1, -0.05) is 42.6 Å². The summed E-state index contributed by atoms with van der Waals surface area (Å²) < 4.78 is 8.23. The predicted octanol–water partition coefficient (Wildman–Crippen LogP) is 5.82. The van der Waals surface area contributed by atoms with Gasteiger partial charge in [0, 0.05) is 16.4 Å². The summed E-state index contributed by atoms with van der Waals surface area (Å²) in [6.07, 6.45) is 5.81. The fourth-order valence-electron chi connectivity index (χ4n) is 3.82. The molecule has 170 valence electrons. The number of carbonyl (C=O) groups is 1. The maximum atomic E-state index is 12.4. The number of carbonyl (C=O) groups excluding carboxylic acids is 1. The normalized spacial score (nSPS) is 14.5. The standard InChI is InChI=1S/C22H26ClN5O2S2/c1-14-10-16(23)8-9-18(14)30-11-19-26-27-22(28(19)17-6-4-3-5-7-17)32-13-20(29)25-21-24-15(2)12-31-21/h8-10,12,17H,3-7,11,13H2,1-2H3,(H,24,25,29). The number of amides is 1. The Morgan fingerprint density at radius 1 is 1.28 bits per heavy atom. The molecule has 0 aliphatic heterocycles. The average Bonchev–Trinajstić information content (AvgIpc) is 3.38. The number of thioether (sulfide) groups is 1. The van der Waals surface area contributed by atoms with E-state index in [1.807, 2.05) is 37.4 Å². The molecule has 1 fully saturated rings. The van der Waals surface area contributed by atoms with Gasteiger partial charge in [-0.15, -0.1) is 21.5 Å². The number of rotatable bonds is 8. The molecule has 1 N–H and O–H groups in total. The second kappa shape index (κ2) is 10.7. The zero-order valence-electron chi connectivity index (χ0n) is 18.1. The van der Waals surface area contributed by atoms with Crippen LogP contribution in [0.2, 0.25) is 5.02 Å². The first-order chi connectivity index (χ1) is 15.5. The van der Waals surface area contributed by atoms with E-state index in [4.69, 9.17) is 16.3 Å². The Balaban J connectivity index is 1.46. The van der Waals surface area contributed by atoms with Crippen LogP contribution < -0.4 is 10.1 Å². The van der Waals surface area contributed by atoms with E-state index in [0.29, 0.717) is 22.8 Å². The Morgan fingerprint density at radius 2 is 2.09 bits per heavy atom. The summed E-state index contributed by atoms with van der Waals surface area (Å²) in [4.78, 5) is 16.7. The highest BCUT2D eigenvalue weighted by atomic mass is 35.5. The minimum absolute atomic E-state index is 0.0999. The Bertz CT molecular complexity index is 1080. The topological polar surface area (TPSA) is 81.9 Å². The number of benzene rings is 1. The number of thiazole rings is 1. The molecule has 32 heavy (non-hydrogen) atoms. The number of aromatic nitrogens is 4. The van der Waals surface area contributed by atoms with Crippen molar-refractivity contribution in [2.45, 2.75) is 63.8 Å². The average molecular weight is 492 g/mol. The summed E-state index contributed by atoms with van der Waals surface area (Å²) in [5.41, 5.74) is 1.88. The first-order valence-electron chi connectivity index (χ1n) is 10.7. The summed E-state index contributed by atoms with van der Waals surface area (Å²) in [6, 6.07) is 5.90. The minimum Gasteiger partial charge on any atom is -0.485 e. The molecule has 0 radical (unpaired) electrons. The van der Waals surface area contributed by atoms with Crippen molar-refractivity contribution in [1.29, 1.82) is 0 Å². The van der Waals surface area contributed by atoms with Crippen LogP contribution >= 0.6 is 34.7 Å². The van der Waals surface area contributed by atoms with Gasteiger partial charge >= 0.3 is 0 Å². The third kappa shape index (κ3) is 5.82. The van der Waals surface area contributed by atoms with Crippen LogP contribution in [0.5, 0.6) is 5.75 Å². The molecule has 1 aliphatic rings. The molecule has 2 heterocycles. The van der Waals surface area contributed by atoms with E-state index >= 15 is 0 Å². The van der Waals surface area contributed by atoms with E-state index in [1.54, 1.807) is 0 Å². The SMILES string of the molecule is Cc1csc(NC(=O)CSc2nnc(COc3ccc(Cl)cc3C)n2C2CCCCC2)n1. The fraction of sp³-hybridized carbons (Fsp3) is 0.455. The Kier molecular flexibility index (Phi) is 7.70. The number of nitrogens with one attached hydrogen (secondary N) is 1. The number of anilines is 1. The van der Waals surface area contributed by atoms with E-state index in [-0.39, 0.29) is 11.7 Å². The van der Waals surface area contributed by atoms with Gasteiger partial charge in [0.1, 0.15) is 12.4 Å². The zero-order valence-corrected chi connectivity index (χ0v) is 20.5. The van der Waals surface area contributed by atoms with Gasteiger partial charge in [-0.25, -0.2) is 4.98 Å². The van der Waals surface area contributed by atoms with Crippen molar-refractivity contribution < 1.29 is 9.53 Å². The lowest BCUT2D eigenvalue weighted by atomic mass is 9.95. The van der Waals surface area contributed by atoms with Crippen LogP contribution in [0.3, 0.4) is 0 Å². The second-order valence-corrected chi connectivity index (χ2v) is 10.1. The van der Waals surface area contributed by atoms with Crippen LogP contribution in [0, 0.1) is 13.8 Å². The molecular weight excluding hydrogens is 466 g/mol. The molecular formula is C22H26ClN5O2S2. The van der Waals surface area contributed by atoms with Crippen molar-refractivity contribution in [3.05, 3.63) is 45.7 Å². The molecule has 10 heteroatoms. The van der Waals surface area contributed by atoms with Crippen LogP contribution in [0.25, 0.3) is 0 Å². The van der Waals surface area contributed by atoms with Crippen LogP contribution in [-0.2, 0) is 11.4 Å². The monoisotopic (exact) mass is 491 g/mol. The van der Waals surface area contributed by atoms with E-state index < -0.39 is 0 Å². The number of ether oxygens (including phenoxy) is 1. The lowest BCUT2D eigenvalue weighted by Gasteiger charge is -2.25. The molecule has 3 aromatic rings. The van der Waals surface area contributed by atoms with Gasteiger partial charge in [0.2, 0.25) is 5.91 Å². The highest BCUT2D eigenvalue weighted by Crippen LogP contribution is 2.33. The molecule has 0 spiro atoms. The van der Waals surface area contributed by atoms with Gasteiger partial charge in [0.05, 0.1) is 11.4 Å². The molecule has 1 aromatic carbocycles. The summed E-state index contributed by atoms with van der Waals surface area (Å²) in [6.45, 7) is 4.19. The van der Waals surface area contributed by atoms with Gasteiger partial charge in [0.15, 0.2) is 16.1 Å². The van der Waals surface area contributed by atoms with Crippen molar-refractivity contribution in [1.82, 2.24) is 19.7 Å². The number of hydrogen-bond donors (Lipinski definition) is 1. The molecule has 0 saturated heterocycles. The number of halogens is 1. The van der Waals surface area contributed by atoms with Gasteiger partial charge in [-0.05, 0) is 50.5 Å². The molecule has 4 rings (SSSR count). The lowest BCUT2D eigenvalue weighted by Crippen LogP contribution is -2.19. The minimum atomic E-state index is -0.0999. The molecule has 7 nitrogen and oxygen atoms in total. The summed E-state index contributed by atoms with van der Waals surface area (Å²) in [5, 5.41) is 15.7. The van der Waals surface area contributed by atoms with E-state index in [2.05, 4.69) is 25.1 Å². The van der Waals surface area contributed by atoms with Crippen LogP contribution in [0.1, 0.15) is 55.2 Å². The third-order valence-corrected chi connectivity index (χ3v) is 7.42. The Hall–Kier alpha value is -2.10. The fourth-order valence-corrected chi connectivity index (χ4v) is 5.58. The lowest BCUT2D eigenvalue weighted by molar-refractivity contribution is -0.113. The molecule has 1 saturated carbocycles. The Morgan fingerprint density at radius 3 is 2.81 bits per heavy atom. The number of hydrogen-bond acceptors (Lipinski definition) is 7. The maximum Gasteiger partial charge on any atom is 0.236 e. The zero-order chi connectivity index (χ0) is 22.5. The maximum absolute atomic E-state index is 12.4. The van der Waals surface area contributed by atoms with Crippen LogP contribution in [0.4, 0.5) is 5.13 Å². The second-order valence-electron chi connectivity index (χ2n) is 7.89. The van der Waals surface area contributed by atoms with Gasteiger partial charge in [-0.3, -0.25) is 9.36 Å². The third-order valence-electron chi connectivity index (χ3n) is 5.37. The van der Waals surface area contributed by atoms with Crippen molar-refractivity contribution in [2.75, 3.05) is 11.1 Å². The van der Waals surface area contributed by atoms with Crippen LogP contribution in [-0.4, -0.2) is 31.4 Å². The van der Waals surface area contributed by atoms with E-state index in [0.717, 1.165) is 40.8 Å². The first kappa shape index (κ1) is 23.1. The molecule has 0 atom stereocenters. The summed E-state index contributed by atoms with van der Waals surface area (Å²) in [7, 11) is 0. The van der Waals surface area contributed by atoms with Crippen molar-refractivity contribution >= 4 is 45.7 Å². The smallest absolute Gasteiger partial charge is 0.236 e. The number of nitrogens with zero attached hydrogens (tertiary/aromatic N) is 4. The highest BCUT2D eigenvalue weighted by Gasteiger charge is 2.24. The molecule has 1 aliphatic carbocycles. The van der Waals surface area contributed by atoms with Gasteiger partial charge in [0.25, 0.3) is 0 Å². The van der Waals surface area contributed by atoms with Crippen molar-refractivity contribution in [3.63, 3.8) is 0 Å². The van der Waals surface area contributed by atoms with Crippen molar-refractivity contribution in [2.24, 2.45) is 0 Å². The largest absolute Gasteiger partial charge is 0.485 e. The molecule has 0 bridgehead atoms. The highest BCUT2D eigenvalue weighted by molar-refractivity contribution is 7.99. The number of aryl methyl sites for hydroxylation is 2.